The quantitative estimate of drug-likeness (QED) is 0.473. The topological polar surface area (TPSA) is 58.4 Å². The number of carbonyl (C=O) groups excluding carboxylic acids is 1. The fourth-order valence-corrected chi connectivity index (χ4v) is 0.999. The molecule has 0 saturated carbocycles. The molecule has 3 N–H and O–H groups in total. The van der Waals surface area contributed by atoms with Gasteiger partial charge in [-0.25, -0.2) is 9.80 Å². The molecule has 0 unspecified atom stereocenters. The Morgan fingerprint density at radius 3 is 3.00 bits per heavy atom. The van der Waals surface area contributed by atoms with Crippen LogP contribution in [0.2, 0.25) is 0 Å². The van der Waals surface area contributed by atoms with Crippen LogP contribution in [0.4, 0.5) is 4.79 Å². The second-order valence-corrected chi connectivity index (χ2v) is 2.30. The third kappa shape index (κ3) is 1.62. The first kappa shape index (κ1) is 6.44. The summed E-state index contributed by atoms with van der Waals surface area (Å²) in [7, 11) is 0. The number of carbonyl (C=O) groups is 1. The molecule has 0 saturated heterocycles. The second kappa shape index (κ2) is 2.75. The van der Waals surface area contributed by atoms with Crippen LogP contribution in [-0.2, 0) is 0 Å². The van der Waals surface area contributed by atoms with Gasteiger partial charge >= 0.3 is 6.03 Å². The zero-order valence-corrected chi connectivity index (χ0v) is 5.52. The van der Waals surface area contributed by atoms with Gasteiger partial charge in [0.25, 0.3) is 0 Å². The lowest BCUT2D eigenvalue weighted by Crippen LogP contribution is -2.39. The van der Waals surface area contributed by atoms with Crippen molar-refractivity contribution < 1.29 is 4.79 Å². The zero-order valence-electron chi connectivity index (χ0n) is 4.70. The summed E-state index contributed by atoms with van der Waals surface area (Å²) < 4.78 is 0. The van der Waals surface area contributed by atoms with Crippen molar-refractivity contribution in [2.24, 2.45) is 5.73 Å². The monoisotopic (exact) mass is 145 g/mol. The molecule has 0 fully saturated rings. The van der Waals surface area contributed by atoms with Crippen molar-refractivity contribution in [2.45, 2.75) is 0 Å². The Hall–Kier alpha value is -0.680. The molecule has 0 radical (unpaired) electrons. The normalized spacial score (nSPS) is 18.0. The van der Waals surface area contributed by atoms with E-state index in [1.807, 2.05) is 6.08 Å². The standard InChI is InChI=1S/C4H7N3OS/c5-4(8)7-2-1-3-9-6-7/h1-2,6H,3H2,(H2,5,8). The molecular formula is C4H7N3OS. The molecule has 1 aliphatic rings. The van der Waals surface area contributed by atoms with Crippen molar-refractivity contribution in [3.05, 3.63) is 12.3 Å². The van der Waals surface area contributed by atoms with Gasteiger partial charge in [0.1, 0.15) is 0 Å². The van der Waals surface area contributed by atoms with Crippen molar-refractivity contribution in [1.29, 1.82) is 0 Å². The van der Waals surface area contributed by atoms with E-state index in [4.69, 9.17) is 5.73 Å². The summed E-state index contributed by atoms with van der Waals surface area (Å²) in [6.07, 6.45) is 3.46. The first-order valence-electron chi connectivity index (χ1n) is 2.43. The minimum atomic E-state index is -0.488. The average Bonchev–Trinajstić information content (AvgIpc) is 1.90. The number of primary amides is 1. The Morgan fingerprint density at radius 2 is 2.67 bits per heavy atom. The van der Waals surface area contributed by atoms with E-state index in [0.717, 1.165) is 5.75 Å². The lowest BCUT2D eigenvalue weighted by molar-refractivity contribution is 0.220. The summed E-state index contributed by atoms with van der Waals surface area (Å²) in [5.41, 5.74) is 4.93. The van der Waals surface area contributed by atoms with Crippen LogP contribution >= 0.6 is 11.9 Å². The Labute approximate surface area is 57.2 Å². The van der Waals surface area contributed by atoms with E-state index in [1.54, 1.807) is 6.20 Å². The molecule has 1 aliphatic heterocycles. The molecule has 0 aromatic heterocycles. The van der Waals surface area contributed by atoms with Crippen LogP contribution in [0.1, 0.15) is 0 Å². The molecule has 5 heteroatoms. The average molecular weight is 145 g/mol. The summed E-state index contributed by atoms with van der Waals surface area (Å²) in [6.45, 7) is 0. The van der Waals surface area contributed by atoms with Gasteiger partial charge < -0.3 is 5.73 Å². The van der Waals surface area contributed by atoms with E-state index in [2.05, 4.69) is 4.83 Å². The van der Waals surface area contributed by atoms with Crippen LogP contribution in [0.3, 0.4) is 0 Å². The third-order valence-electron chi connectivity index (χ3n) is 0.834. The minimum Gasteiger partial charge on any atom is -0.350 e. The number of hydrogen-bond donors (Lipinski definition) is 2. The van der Waals surface area contributed by atoms with Crippen LogP contribution in [0.15, 0.2) is 12.3 Å². The number of urea groups is 1. The van der Waals surface area contributed by atoms with Crippen molar-refractivity contribution >= 4 is 18.0 Å². The van der Waals surface area contributed by atoms with E-state index >= 15 is 0 Å². The van der Waals surface area contributed by atoms with Gasteiger partial charge in [0.15, 0.2) is 0 Å². The zero-order chi connectivity index (χ0) is 6.69. The molecule has 4 nitrogen and oxygen atoms in total. The van der Waals surface area contributed by atoms with Gasteiger partial charge in [0.2, 0.25) is 0 Å². The largest absolute Gasteiger partial charge is 0.350 e. The Morgan fingerprint density at radius 1 is 1.89 bits per heavy atom. The van der Waals surface area contributed by atoms with Crippen molar-refractivity contribution in [3.63, 3.8) is 0 Å². The molecule has 0 spiro atoms. The maximum atomic E-state index is 10.4. The van der Waals surface area contributed by atoms with Gasteiger partial charge in [0.05, 0.1) is 0 Å². The van der Waals surface area contributed by atoms with Gasteiger partial charge in [-0.3, -0.25) is 0 Å². The van der Waals surface area contributed by atoms with Crippen LogP contribution in [0.5, 0.6) is 0 Å². The predicted octanol–water partition coefficient (Wildman–Crippen LogP) is 0.0472. The van der Waals surface area contributed by atoms with Gasteiger partial charge in [-0.05, 0) is 0 Å². The highest BCUT2D eigenvalue weighted by Crippen LogP contribution is 2.02. The number of hydrazine groups is 1. The number of nitrogens with zero attached hydrogens (tertiary/aromatic N) is 1. The molecule has 50 valence electrons. The highest BCUT2D eigenvalue weighted by Gasteiger charge is 2.06. The van der Waals surface area contributed by atoms with Gasteiger partial charge in [-0.15, -0.1) is 0 Å². The summed E-state index contributed by atoms with van der Waals surface area (Å²) in [5.74, 6) is 0.865. The molecule has 0 aliphatic carbocycles. The smallest absolute Gasteiger partial charge is 0.334 e. The molecule has 1 rings (SSSR count). The van der Waals surface area contributed by atoms with E-state index in [1.165, 1.54) is 17.0 Å². The fourth-order valence-electron chi connectivity index (χ4n) is 0.452. The fraction of sp³-hybridized carbons (Fsp3) is 0.250. The van der Waals surface area contributed by atoms with E-state index < -0.39 is 6.03 Å². The molecular weight excluding hydrogens is 138 g/mol. The number of rotatable bonds is 0. The maximum absolute atomic E-state index is 10.4. The van der Waals surface area contributed by atoms with Crippen LogP contribution in [-0.4, -0.2) is 16.8 Å². The van der Waals surface area contributed by atoms with Crippen LogP contribution in [0, 0.1) is 0 Å². The number of amides is 2. The first-order valence-corrected chi connectivity index (χ1v) is 3.42. The van der Waals surface area contributed by atoms with Crippen molar-refractivity contribution in [3.8, 4) is 0 Å². The Balaban J connectivity index is 2.50. The van der Waals surface area contributed by atoms with Crippen LogP contribution < -0.4 is 10.6 Å². The van der Waals surface area contributed by atoms with E-state index in [0.29, 0.717) is 0 Å². The molecule has 1 heterocycles. The first-order chi connectivity index (χ1) is 4.30. The molecule has 0 aromatic carbocycles. The molecule has 0 atom stereocenters. The van der Waals surface area contributed by atoms with Gasteiger partial charge in [0, 0.05) is 12.0 Å². The van der Waals surface area contributed by atoms with E-state index in [9.17, 15) is 4.79 Å². The Kier molecular flexibility index (Phi) is 1.96. The number of nitrogens with two attached hydrogens (primary N) is 1. The SMILES string of the molecule is NC(=O)N1C=CCSN1. The molecule has 9 heavy (non-hydrogen) atoms. The van der Waals surface area contributed by atoms with Crippen molar-refractivity contribution in [1.82, 2.24) is 9.84 Å². The minimum absolute atomic E-state index is 0.488. The van der Waals surface area contributed by atoms with Gasteiger partial charge in [-0.1, -0.05) is 18.0 Å². The van der Waals surface area contributed by atoms with E-state index in [-0.39, 0.29) is 0 Å². The molecule has 2 amide bonds. The molecule has 0 aromatic rings. The summed E-state index contributed by atoms with van der Waals surface area (Å²) in [5, 5.41) is 1.23. The van der Waals surface area contributed by atoms with Gasteiger partial charge in [-0.2, -0.15) is 4.83 Å². The lowest BCUT2D eigenvalue weighted by Gasteiger charge is -2.18. The lowest BCUT2D eigenvalue weighted by atomic mass is 10.7. The predicted molar refractivity (Wildman–Crippen MR) is 36.2 cm³/mol. The molecule has 0 bridgehead atoms. The highest BCUT2D eigenvalue weighted by atomic mass is 32.2. The second-order valence-electron chi connectivity index (χ2n) is 1.50. The number of nitrogens with one attached hydrogen (secondary N) is 1. The van der Waals surface area contributed by atoms with Crippen molar-refractivity contribution in [2.75, 3.05) is 5.75 Å². The van der Waals surface area contributed by atoms with Crippen LogP contribution in [0.25, 0.3) is 0 Å². The Bertz CT molecular complexity index is 147. The summed E-state index contributed by atoms with van der Waals surface area (Å²) in [6, 6.07) is -0.488. The maximum Gasteiger partial charge on any atom is 0.334 e. The third-order valence-corrected chi connectivity index (χ3v) is 1.52. The summed E-state index contributed by atoms with van der Waals surface area (Å²) in [4.78, 5) is 13.1. The summed E-state index contributed by atoms with van der Waals surface area (Å²) >= 11 is 1.42. The highest BCUT2D eigenvalue weighted by molar-refractivity contribution is 7.97. The number of hydrogen-bond acceptors (Lipinski definition) is 3.